The second-order valence-electron chi connectivity index (χ2n) is 5.33. The van der Waals surface area contributed by atoms with Gasteiger partial charge in [0.05, 0.1) is 6.42 Å². The number of aryl methyl sites for hydroxylation is 2. The topological polar surface area (TPSA) is 29.1 Å². The number of carbonyl (C=O) groups is 1. The fourth-order valence-corrected chi connectivity index (χ4v) is 2.22. The molecule has 0 saturated heterocycles. The summed E-state index contributed by atoms with van der Waals surface area (Å²) in [5.41, 5.74) is 4.38. The molecule has 0 unspecified atom stereocenters. The minimum atomic E-state index is -0.238. The minimum Gasteiger partial charge on any atom is -0.355 e. The zero-order valence-corrected chi connectivity index (χ0v) is 12.4. The van der Waals surface area contributed by atoms with E-state index in [2.05, 4.69) is 11.4 Å². The van der Waals surface area contributed by atoms with Crippen molar-refractivity contribution in [3.05, 3.63) is 70.5 Å². The van der Waals surface area contributed by atoms with E-state index >= 15 is 0 Å². The number of halogens is 1. The first-order chi connectivity index (χ1) is 10.0. The van der Waals surface area contributed by atoms with Crippen LogP contribution in [0.2, 0.25) is 0 Å². The van der Waals surface area contributed by atoms with Gasteiger partial charge in [0, 0.05) is 6.54 Å². The zero-order chi connectivity index (χ0) is 15.2. The molecule has 21 heavy (non-hydrogen) atoms. The van der Waals surface area contributed by atoms with Gasteiger partial charge in [-0.3, -0.25) is 4.79 Å². The van der Waals surface area contributed by atoms with Crippen LogP contribution in [0.25, 0.3) is 0 Å². The van der Waals surface area contributed by atoms with Gasteiger partial charge in [0.1, 0.15) is 5.82 Å². The predicted molar refractivity (Wildman–Crippen MR) is 82.7 cm³/mol. The van der Waals surface area contributed by atoms with E-state index in [-0.39, 0.29) is 11.7 Å². The highest BCUT2D eigenvalue weighted by Crippen LogP contribution is 2.11. The standard InChI is InChI=1S/C18H20FNO/c1-13-3-4-14(2)16(11-13)12-18(21)20-10-9-15-5-7-17(19)8-6-15/h3-8,11H,9-10,12H2,1-2H3,(H,20,21). The van der Waals surface area contributed by atoms with Crippen molar-refractivity contribution in [2.24, 2.45) is 0 Å². The Bertz CT molecular complexity index is 620. The molecule has 0 aliphatic heterocycles. The third-order valence-electron chi connectivity index (χ3n) is 3.50. The van der Waals surface area contributed by atoms with Crippen molar-refractivity contribution in [3.63, 3.8) is 0 Å². The molecule has 0 fully saturated rings. The van der Waals surface area contributed by atoms with Crippen LogP contribution in [-0.2, 0) is 17.6 Å². The molecule has 1 amide bonds. The van der Waals surface area contributed by atoms with Gasteiger partial charge in [0.2, 0.25) is 5.91 Å². The summed E-state index contributed by atoms with van der Waals surface area (Å²) >= 11 is 0. The molecule has 0 aliphatic rings. The van der Waals surface area contributed by atoms with Crippen molar-refractivity contribution < 1.29 is 9.18 Å². The molecule has 0 saturated carbocycles. The number of carbonyl (C=O) groups excluding carboxylic acids is 1. The molecule has 0 bridgehead atoms. The predicted octanol–water partition coefficient (Wildman–Crippen LogP) is 3.34. The van der Waals surface area contributed by atoms with Crippen LogP contribution in [0.5, 0.6) is 0 Å². The van der Waals surface area contributed by atoms with E-state index in [0.29, 0.717) is 19.4 Å². The zero-order valence-electron chi connectivity index (χ0n) is 12.4. The maximum atomic E-state index is 12.8. The Morgan fingerprint density at radius 1 is 1.10 bits per heavy atom. The summed E-state index contributed by atoms with van der Waals surface area (Å²) in [6.07, 6.45) is 1.11. The maximum absolute atomic E-state index is 12.8. The molecule has 2 nitrogen and oxygen atoms in total. The minimum absolute atomic E-state index is 0.0193. The van der Waals surface area contributed by atoms with Crippen molar-refractivity contribution in [2.45, 2.75) is 26.7 Å². The third kappa shape index (κ3) is 4.71. The van der Waals surface area contributed by atoms with E-state index in [4.69, 9.17) is 0 Å². The average molecular weight is 285 g/mol. The van der Waals surface area contributed by atoms with Crippen molar-refractivity contribution in [1.82, 2.24) is 5.32 Å². The molecule has 1 N–H and O–H groups in total. The quantitative estimate of drug-likeness (QED) is 0.897. The Morgan fingerprint density at radius 2 is 1.81 bits per heavy atom. The van der Waals surface area contributed by atoms with E-state index in [9.17, 15) is 9.18 Å². The van der Waals surface area contributed by atoms with E-state index in [0.717, 1.165) is 22.3 Å². The highest BCUT2D eigenvalue weighted by atomic mass is 19.1. The van der Waals surface area contributed by atoms with Gasteiger partial charge < -0.3 is 5.32 Å². The Kier molecular flexibility index (Phi) is 5.09. The molecular formula is C18H20FNO. The van der Waals surface area contributed by atoms with Crippen molar-refractivity contribution in [2.75, 3.05) is 6.54 Å². The molecular weight excluding hydrogens is 265 g/mol. The molecule has 110 valence electrons. The number of nitrogens with one attached hydrogen (secondary N) is 1. The van der Waals surface area contributed by atoms with E-state index in [1.165, 1.54) is 12.1 Å². The van der Waals surface area contributed by atoms with Gasteiger partial charge in [-0.05, 0) is 49.1 Å². The lowest BCUT2D eigenvalue weighted by Gasteiger charge is -2.08. The van der Waals surface area contributed by atoms with Gasteiger partial charge in [-0.15, -0.1) is 0 Å². The van der Waals surface area contributed by atoms with Crippen LogP contribution < -0.4 is 5.32 Å². The summed E-state index contributed by atoms with van der Waals surface area (Å²) in [4.78, 5) is 11.9. The lowest BCUT2D eigenvalue weighted by atomic mass is 10.0. The van der Waals surface area contributed by atoms with Crippen molar-refractivity contribution in [3.8, 4) is 0 Å². The lowest BCUT2D eigenvalue weighted by molar-refractivity contribution is -0.120. The summed E-state index contributed by atoms with van der Waals surface area (Å²) in [6.45, 7) is 4.60. The van der Waals surface area contributed by atoms with Crippen LogP contribution in [0.1, 0.15) is 22.3 Å². The number of hydrogen-bond donors (Lipinski definition) is 1. The molecule has 2 aromatic rings. The van der Waals surface area contributed by atoms with Crippen LogP contribution >= 0.6 is 0 Å². The first-order valence-corrected chi connectivity index (χ1v) is 7.12. The van der Waals surface area contributed by atoms with E-state index < -0.39 is 0 Å². The van der Waals surface area contributed by atoms with Crippen molar-refractivity contribution in [1.29, 1.82) is 0 Å². The second kappa shape index (κ2) is 7.02. The Morgan fingerprint density at radius 3 is 2.52 bits per heavy atom. The summed E-state index contributed by atoms with van der Waals surface area (Å²) in [6, 6.07) is 12.5. The van der Waals surface area contributed by atoms with Gasteiger partial charge in [-0.25, -0.2) is 4.39 Å². The van der Waals surface area contributed by atoms with Crippen molar-refractivity contribution >= 4 is 5.91 Å². The summed E-state index contributed by atoms with van der Waals surface area (Å²) in [7, 11) is 0. The van der Waals surface area contributed by atoms with E-state index in [1.807, 2.05) is 26.0 Å². The van der Waals surface area contributed by atoms with Gasteiger partial charge in [-0.1, -0.05) is 35.9 Å². The molecule has 0 radical (unpaired) electrons. The fraction of sp³-hybridized carbons (Fsp3) is 0.278. The first kappa shape index (κ1) is 15.2. The molecule has 2 rings (SSSR count). The highest BCUT2D eigenvalue weighted by molar-refractivity contribution is 5.79. The largest absolute Gasteiger partial charge is 0.355 e. The molecule has 0 atom stereocenters. The van der Waals surface area contributed by atoms with Crippen LogP contribution in [0.4, 0.5) is 4.39 Å². The monoisotopic (exact) mass is 285 g/mol. The van der Waals surface area contributed by atoms with Gasteiger partial charge in [0.15, 0.2) is 0 Å². The normalized spacial score (nSPS) is 10.4. The molecule has 2 aromatic carbocycles. The molecule has 0 aromatic heterocycles. The van der Waals surface area contributed by atoms with Crippen LogP contribution in [-0.4, -0.2) is 12.5 Å². The molecule has 3 heteroatoms. The van der Waals surface area contributed by atoms with Gasteiger partial charge in [0.25, 0.3) is 0 Å². The molecule has 0 heterocycles. The Hall–Kier alpha value is -2.16. The number of benzene rings is 2. The number of rotatable bonds is 5. The smallest absolute Gasteiger partial charge is 0.224 e. The SMILES string of the molecule is Cc1ccc(C)c(CC(=O)NCCc2ccc(F)cc2)c1. The van der Waals surface area contributed by atoms with E-state index in [1.54, 1.807) is 12.1 Å². The lowest BCUT2D eigenvalue weighted by Crippen LogP contribution is -2.27. The van der Waals surface area contributed by atoms with Crippen LogP contribution in [0.3, 0.4) is 0 Å². The van der Waals surface area contributed by atoms with Gasteiger partial charge in [-0.2, -0.15) is 0 Å². The Labute approximate surface area is 125 Å². The number of amides is 1. The second-order valence-corrected chi connectivity index (χ2v) is 5.33. The summed E-state index contributed by atoms with van der Waals surface area (Å²) < 4.78 is 12.8. The summed E-state index contributed by atoms with van der Waals surface area (Å²) in [5.74, 6) is -0.219. The van der Waals surface area contributed by atoms with Crippen LogP contribution in [0, 0.1) is 19.7 Å². The third-order valence-corrected chi connectivity index (χ3v) is 3.50. The van der Waals surface area contributed by atoms with Crippen LogP contribution in [0.15, 0.2) is 42.5 Å². The number of hydrogen-bond acceptors (Lipinski definition) is 1. The first-order valence-electron chi connectivity index (χ1n) is 7.12. The highest BCUT2D eigenvalue weighted by Gasteiger charge is 2.06. The average Bonchev–Trinajstić information content (AvgIpc) is 2.45. The molecule has 0 aliphatic carbocycles. The van der Waals surface area contributed by atoms with Gasteiger partial charge >= 0.3 is 0 Å². The maximum Gasteiger partial charge on any atom is 0.224 e. The molecule has 0 spiro atoms. The summed E-state index contributed by atoms with van der Waals surface area (Å²) in [5, 5.41) is 2.91. The fourth-order valence-electron chi connectivity index (χ4n) is 2.22. The Balaban J connectivity index is 1.82.